The first-order chi connectivity index (χ1) is 9.29. The van der Waals surface area contributed by atoms with Crippen molar-refractivity contribution in [1.29, 1.82) is 0 Å². The van der Waals surface area contributed by atoms with Crippen LogP contribution < -0.4 is 0 Å². The number of benzene rings is 2. The van der Waals surface area contributed by atoms with Crippen molar-refractivity contribution < 1.29 is 25.8 Å². The number of aryl methyl sites for hydroxylation is 2. The second kappa shape index (κ2) is 12.8. The normalized spacial score (nSPS) is 10.5. The summed E-state index contributed by atoms with van der Waals surface area (Å²) in [7, 11) is 0. The van der Waals surface area contributed by atoms with Crippen LogP contribution in [-0.4, -0.2) is 0 Å². The molecule has 1 aliphatic rings. The maximum atomic E-state index is 2.99. The van der Waals surface area contributed by atoms with Crippen LogP contribution in [-0.2, 0) is 25.8 Å². The molecule has 1 aliphatic carbocycles. The largest absolute Gasteiger partial charge is 3.00 e. The van der Waals surface area contributed by atoms with Gasteiger partial charge in [0.05, 0.1) is 0 Å². The van der Waals surface area contributed by atoms with Gasteiger partial charge in [-0.15, -0.1) is 6.42 Å². The molecule has 0 atom stereocenters. The van der Waals surface area contributed by atoms with Gasteiger partial charge in [-0.3, -0.25) is 6.08 Å². The van der Waals surface area contributed by atoms with Gasteiger partial charge in [-0.2, -0.15) is 77.9 Å². The predicted molar refractivity (Wildman–Crippen MR) is 81.6 cm³/mol. The SMILES string of the molecule is Cc1cc[c-]cc1.Cc1cc[c-]cc1.[C-]1=CC=CC1.[Sc+3]. The van der Waals surface area contributed by atoms with Crippen LogP contribution >= 0.6 is 0 Å². The molecule has 0 heterocycles. The van der Waals surface area contributed by atoms with E-state index >= 15 is 0 Å². The van der Waals surface area contributed by atoms with Gasteiger partial charge >= 0.3 is 25.8 Å². The van der Waals surface area contributed by atoms with E-state index < -0.39 is 0 Å². The van der Waals surface area contributed by atoms with Gasteiger partial charge < -0.3 is 0 Å². The molecule has 1 heteroatoms. The van der Waals surface area contributed by atoms with Crippen LogP contribution in [0.15, 0.2) is 66.8 Å². The molecule has 2 aromatic rings. The standard InChI is InChI=1S/2C7H7.C5H5.Sc/c2*1-7-5-3-2-4-6-7;1-2-4-5-3-1;/h2*3-6H,1H3;1-3H,4H2;/q3*-1;+3. The van der Waals surface area contributed by atoms with Crippen LogP contribution in [0.1, 0.15) is 17.5 Å². The molecular weight excluding hydrogens is 273 g/mol. The van der Waals surface area contributed by atoms with Crippen LogP contribution in [0.4, 0.5) is 0 Å². The van der Waals surface area contributed by atoms with Gasteiger partial charge in [-0.05, 0) is 0 Å². The second-order valence-electron chi connectivity index (χ2n) is 4.16. The summed E-state index contributed by atoms with van der Waals surface area (Å²) in [4.78, 5) is 0. The van der Waals surface area contributed by atoms with E-state index in [2.05, 4.69) is 38.1 Å². The third-order valence-corrected chi connectivity index (χ3v) is 2.36. The molecule has 0 aromatic heterocycles. The summed E-state index contributed by atoms with van der Waals surface area (Å²) in [6.07, 6.45) is 10.0. The van der Waals surface area contributed by atoms with Crippen LogP contribution in [0.3, 0.4) is 0 Å². The maximum Gasteiger partial charge on any atom is 3.00 e. The van der Waals surface area contributed by atoms with Crippen LogP contribution in [0, 0.1) is 32.1 Å². The minimum Gasteiger partial charge on any atom is -0.273 e. The molecule has 0 radical (unpaired) electrons. The Morgan fingerprint density at radius 2 is 1.25 bits per heavy atom. The summed E-state index contributed by atoms with van der Waals surface area (Å²) < 4.78 is 0. The average Bonchev–Trinajstić information content (AvgIpc) is 3.00. The van der Waals surface area contributed by atoms with Crippen molar-refractivity contribution in [2.75, 3.05) is 0 Å². The molecule has 0 unspecified atom stereocenters. The molecule has 2 aromatic carbocycles. The van der Waals surface area contributed by atoms with Gasteiger partial charge in [0.25, 0.3) is 0 Å². The molecule has 0 bridgehead atoms. The Morgan fingerprint density at radius 3 is 1.40 bits per heavy atom. The Kier molecular flexibility index (Phi) is 12.0. The van der Waals surface area contributed by atoms with E-state index in [-0.39, 0.29) is 25.8 Å². The van der Waals surface area contributed by atoms with Crippen molar-refractivity contribution in [3.05, 3.63) is 96.1 Å². The van der Waals surface area contributed by atoms with Gasteiger partial charge in [-0.25, -0.2) is 12.2 Å². The monoisotopic (exact) mass is 292 g/mol. The van der Waals surface area contributed by atoms with Crippen LogP contribution in [0.5, 0.6) is 0 Å². The fourth-order valence-corrected chi connectivity index (χ4v) is 1.28. The molecule has 98 valence electrons. The molecular formula is C19H19Sc. The molecule has 0 saturated heterocycles. The summed E-state index contributed by atoms with van der Waals surface area (Å²) in [5.74, 6) is 0. The maximum absolute atomic E-state index is 2.99. The van der Waals surface area contributed by atoms with E-state index in [4.69, 9.17) is 0 Å². The van der Waals surface area contributed by atoms with E-state index in [9.17, 15) is 0 Å². The van der Waals surface area contributed by atoms with E-state index in [0.717, 1.165) is 6.42 Å². The fourth-order valence-electron chi connectivity index (χ4n) is 1.28. The molecule has 0 spiro atoms. The molecule has 0 fully saturated rings. The Labute approximate surface area is 142 Å². The van der Waals surface area contributed by atoms with Crippen molar-refractivity contribution in [2.24, 2.45) is 0 Å². The summed E-state index contributed by atoms with van der Waals surface area (Å²) in [5, 5.41) is 0. The van der Waals surface area contributed by atoms with Crippen molar-refractivity contribution in [3.8, 4) is 0 Å². The first kappa shape index (κ1) is 18.8. The number of hydrogen-bond donors (Lipinski definition) is 0. The van der Waals surface area contributed by atoms with Crippen molar-refractivity contribution in [2.45, 2.75) is 20.3 Å². The van der Waals surface area contributed by atoms with Crippen LogP contribution in [0.2, 0.25) is 0 Å². The van der Waals surface area contributed by atoms with E-state index in [1.165, 1.54) is 11.1 Å². The van der Waals surface area contributed by atoms with Gasteiger partial charge in [0.15, 0.2) is 0 Å². The number of rotatable bonds is 0. The zero-order chi connectivity index (χ0) is 13.8. The predicted octanol–water partition coefficient (Wildman–Crippen LogP) is 4.89. The van der Waals surface area contributed by atoms with Crippen molar-refractivity contribution in [1.82, 2.24) is 0 Å². The quantitative estimate of drug-likeness (QED) is 0.606. The third-order valence-electron chi connectivity index (χ3n) is 2.36. The number of allylic oxidation sites excluding steroid dienone is 4. The molecule has 0 N–H and O–H groups in total. The Hall–Kier alpha value is -1.21. The van der Waals surface area contributed by atoms with E-state index in [0.29, 0.717) is 0 Å². The first-order valence-corrected chi connectivity index (χ1v) is 6.36. The Bertz CT molecular complexity index is 436. The summed E-state index contributed by atoms with van der Waals surface area (Å²) >= 11 is 0. The summed E-state index contributed by atoms with van der Waals surface area (Å²) in [6.45, 7) is 4.13. The summed E-state index contributed by atoms with van der Waals surface area (Å²) in [5.41, 5.74) is 2.58. The van der Waals surface area contributed by atoms with Gasteiger partial charge in [0.1, 0.15) is 0 Å². The van der Waals surface area contributed by atoms with Crippen molar-refractivity contribution in [3.63, 3.8) is 0 Å². The van der Waals surface area contributed by atoms with Gasteiger partial charge in [0.2, 0.25) is 0 Å². The van der Waals surface area contributed by atoms with E-state index in [1.54, 1.807) is 0 Å². The Balaban J connectivity index is 0.000000268. The van der Waals surface area contributed by atoms with Gasteiger partial charge in [-0.1, -0.05) is 13.8 Å². The second-order valence-corrected chi connectivity index (χ2v) is 4.16. The molecule has 0 amide bonds. The smallest absolute Gasteiger partial charge is 0.273 e. The third kappa shape index (κ3) is 10.7. The van der Waals surface area contributed by atoms with Gasteiger partial charge in [0, 0.05) is 0 Å². The number of hydrogen-bond acceptors (Lipinski definition) is 0. The molecule has 0 aliphatic heterocycles. The summed E-state index contributed by atoms with van der Waals surface area (Å²) in [6, 6.07) is 21.6. The minimum atomic E-state index is 0. The van der Waals surface area contributed by atoms with E-state index in [1.807, 2.05) is 60.7 Å². The average molecular weight is 292 g/mol. The van der Waals surface area contributed by atoms with Crippen LogP contribution in [0.25, 0.3) is 0 Å². The fraction of sp³-hybridized carbons (Fsp3) is 0.158. The molecule has 20 heavy (non-hydrogen) atoms. The zero-order valence-corrected chi connectivity index (χ0v) is 13.9. The topological polar surface area (TPSA) is 0 Å². The minimum absolute atomic E-state index is 0. The molecule has 0 nitrogen and oxygen atoms in total. The first-order valence-electron chi connectivity index (χ1n) is 6.36. The molecule has 3 rings (SSSR count). The Morgan fingerprint density at radius 1 is 0.800 bits per heavy atom. The van der Waals surface area contributed by atoms with Crippen molar-refractivity contribution >= 4 is 0 Å². The molecule has 0 saturated carbocycles. The zero-order valence-electron chi connectivity index (χ0n) is 12.1.